The number of anilines is 1. The molecule has 0 aliphatic carbocycles. The van der Waals surface area contributed by atoms with Crippen molar-refractivity contribution in [2.45, 2.75) is 12.1 Å². The first-order valence-corrected chi connectivity index (χ1v) is 7.58. The molecule has 0 unspecified atom stereocenters. The van der Waals surface area contributed by atoms with Gasteiger partial charge >= 0.3 is 0 Å². The van der Waals surface area contributed by atoms with E-state index in [0.29, 0.717) is 16.5 Å². The number of aliphatic hydroxyl groups is 1. The molecular formula is C15H14FN3O3S. The first-order chi connectivity index (χ1) is 11.0. The van der Waals surface area contributed by atoms with Gasteiger partial charge in [0.15, 0.2) is 5.16 Å². The van der Waals surface area contributed by atoms with E-state index in [2.05, 4.69) is 15.3 Å². The number of thioether (sulfide) groups is 1. The maximum atomic E-state index is 12.8. The number of benzene rings is 1. The van der Waals surface area contributed by atoms with Crippen molar-refractivity contribution in [1.29, 1.82) is 0 Å². The van der Waals surface area contributed by atoms with Gasteiger partial charge < -0.3 is 15.4 Å². The lowest BCUT2D eigenvalue weighted by atomic mass is 10.2. The number of halogens is 1. The second-order valence-electron chi connectivity index (χ2n) is 4.53. The minimum atomic E-state index is -0.399. The molecule has 1 amide bonds. The summed E-state index contributed by atoms with van der Waals surface area (Å²) in [4.78, 5) is 30.3. The van der Waals surface area contributed by atoms with Gasteiger partial charge in [-0.2, -0.15) is 0 Å². The van der Waals surface area contributed by atoms with Crippen molar-refractivity contribution in [3.8, 4) is 0 Å². The van der Waals surface area contributed by atoms with Gasteiger partial charge in [-0.25, -0.2) is 9.37 Å². The fraction of sp³-hybridized carbons (Fsp3) is 0.133. The predicted molar refractivity (Wildman–Crippen MR) is 87.0 cm³/mol. The first-order valence-electron chi connectivity index (χ1n) is 6.59. The van der Waals surface area contributed by atoms with Crippen LogP contribution in [-0.4, -0.2) is 26.7 Å². The summed E-state index contributed by atoms with van der Waals surface area (Å²) in [6, 6.07) is 5.41. The van der Waals surface area contributed by atoms with E-state index in [1.165, 1.54) is 30.3 Å². The molecule has 23 heavy (non-hydrogen) atoms. The molecule has 1 aromatic carbocycles. The lowest BCUT2D eigenvalue weighted by Crippen LogP contribution is -2.17. The number of rotatable bonds is 5. The Labute approximate surface area is 135 Å². The van der Waals surface area contributed by atoms with Gasteiger partial charge in [0.25, 0.3) is 5.56 Å². The number of aromatic amines is 1. The van der Waals surface area contributed by atoms with Crippen LogP contribution >= 0.6 is 11.8 Å². The summed E-state index contributed by atoms with van der Waals surface area (Å²) in [5.41, 5.74) is 0.787. The average molecular weight is 335 g/mol. The molecule has 0 atom stereocenters. The molecule has 0 saturated heterocycles. The maximum absolute atomic E-state index is 12.8. The molecule has 0 aliphatic heterocycles. The van der Waals surface area contributed by atoms with Crippen molar-refractivity contribution in [1.82, 2.24) is 9.97 Å². The van der Waals surface area contributed by atoms with E-state index < -0.39 is 5.56 Å². The Morgan fingerprint density at radius 3 is 2.74 bits per heavy atom. The molecule has 8 heteroatoms. The van der Waals surface area contributed by atoms with E-state index in [-0.39, 0.29) is 23.0 Å². The second kappa shape index (κ2) is 7.59. The van der Waals surface area contributed by atoms with Crippen molar-refractivity contribution in [2.24, 2.45) is 0 Å². The van der Waals surface area contributed by atoms with E-state index in [9.17, 15) is 14.0 Å². The Kier molecular flexibility index (Phi) is 5.53. The van der Waals surface area contributed by atoms with E-state index >= 15 is 0 Å². The number of aliphatic hydroxyl groups excluding tert-OH is 1. The highest BCUT2D eigenvalue weighted by Crippen LogP contribution is 2.14. The molecule has 0 bridgehead atoms. The molecule has 0 fully saturated rings. The molecule has 120 valence electrons. The number of carbonyl (C=O) groups excluding carboxylic acids is 1. The summed E-state index contributed by atoms with van der Waals surface area (Å²) in [5.74, 6) is -0.650. The number of hydrogen-bond acceptors (Lipinski definition) is 5. The number of aromatic nitrogens is 2. The van der Waals surface area contributed by atoms with Crippen molar-refractivity contribution in [3.05, 3.63) is 58.0 Å². The molecule has 1 aromatic heterocycles. The molecule has 0 spiro atoms. The highest BCUT2D eigenvalue weighted by Gasteiger charge is 2.09. The number of amides is 1. The van der Waals surface area contributed by atoms with Crippen molar-refractivity contribution >= 4 is 29.4 Å². The Bertz CT molecular complexity index is 788. The minimum Gasteiger partial charge on any atom is -0.516 e. The molecule has 0 saturated carbocycles. The lowest BCUT2D eigenvalue weighted by Gasteiger charge is -2.06. The summed E-state index contributed by atoms with van der Waals surface area (Å²) in [7, 11) is 0. The van der Waals surface area contributed by atoms with Crippen LogP contribution in [0.1, 0.15) is 11.3 Å². The molecule has 0 aliphatic rings. The summed E-state index contributed by atoms with van der Waals surface area (Å²) >= 11 is 1.07. The SMILES string of the molecule is Cc1nc(SCC(=O)Nc2ccc(F)cc2)[nH]c(=O)c1C=CO. The van der Waals surface area contributed by atoms with Crippen LogP contribution in [0.15, 0.2) is 40.5 Å². The van der Waals surface area contributed by atoms with Gasteiger partial charge in [-0.05, 0) is 37.3 Å². The van der Waals surface area contributed by atoms with Gasteiger partial charge in [0.1, 0.15) is 5.82 Å². The Morgan fingerprint density at radius 2 is 2.13 bits per heavy atom. The van der Waals surface area contributed by atoms with Gasteiger partial charge in [0, 0.05) is 5.69 Å². The summed E-state index contributed by atoms with van der Waals surface area (Å²) in [5, 5.41) is 11.6. The highest BCUT2D eigenvalue weighted by molar-refractivity contribution is 7.99. The summed E-state index contributed by atoms with van der Waals surface area (Å²) < 4.78 is 12.8. The van der Waals surface area contributed by atoms with E-state index in [0.717, 1.165) is 18.0 Å². The molecule has 2 rings (SSSR count). The van der Waals surface area contributed by atoms with Crippen LogP contribution in [0, 0.1) is 12.7 Å². The van der Waals surface area contributed by atoms with Gasteiger partial charge in [-0.15, -0.1) is 0 Å². The molecule has 1 heterocycles. The summed E-state index contributed by atoms with van der Waals surface area (Å²) in [6.07, 6.45) is 2.01. The minimum absolute atomic E-state index is 0.0366. The number of hydrogen-bond donors (Lipinski definition) is 3. The number of nitrogens with zero attached hydrogens (tertiary/aromatic N) is 1. The van der Waals surface area contributed by atoms with Crippen LogP contribution in [0.3, 0.4) is 0 Å². The van der Waals surface area contributed by atoms with Gasteiger partial charge in [0.05, 0.1) is 23.3 Å². The predicted octanol–water partition coefficient (Wildman–Crippen LogP) is 2.48. The fourth-order valence-corrected chi connectivity index (χ4v) is 2.48. The van der Waals surface area contributed by atoms with Crippen LogP contribution in [-0.2, 0) is 4.79 Å². The Hall–Kier alpha value is -2.61. The number of aryl methyl sites for hydroxylation is 1. The van der Waals surface area contributed by atoms with E-state index in [4.69, 9.17) is 5.11 Å². The van der Waals surface area contributed by atoms with Gasteiger partial charge in [-0.1, -0.05) is 11.8 Å². The first kappa shape index (κ1) is 16.8. The zero-order chi connectivity index (χ0) is 16.8. The van der Waals surface area contributed by atoms with Crippen molar-refractivity contribution in [3.63, 3.8) is 0 Å². The van der Waals surface area contributed by atoms with Crippen LogP contribution < -0.4 is 10.9 Å². The fourth-order valence-electron chi connectivity index (χ4n) is 1.77. The van der Waals surface area contributed by atoms with E-state index in [1.54, 1.807) is 6.92 Å². The second-order valence-corrected chi connectivity index (χ2v) is 5.49. The highest BCUT2D eigenvalue weighted by atomic mass is 32.2. The molecular weight excluding hydrogens is 321 g/mol. The average Bonchev–Trinajstić information content (AvgIpc) is 2.51. The number of H-pyrrole nitrogens is 1. The topological polar surface area (TPSA) is 95.1 Å². The Balaban J connectivity index is 1.99. The number of nitrogens with one attached hydrogen (secondary N) is 2. The third-order valence-electron chi connectivity index (χ3n) is 2.83. The smallest absolute Gasteiger partial charge is 0.259 e. The van der Waals surface area contributed by atoms with Gasteiger partial charge in [-0.3, -0.25) is 9.59 Å². The Morgan fingerprint density at radius 1 is 1.43 bits per heavy atom. The number of carbonyl (C=O) groups is 1. The molecule has 0 radical (unpaired) electrons. The standard InChI is InChI=1S/C15H14FN3O3S/c1-9-12(6-7-20)14(22)19-15(17-9)23-8-13(21)18-11-4-2-10(16)3-5-11/h2-7,20H,8H2,1H3,(H,18,21)(H,17,19,22). The van der Waals surface area contributed by atoms with Crippen LogP contribution in [0.4, 0.5) is 10.1 Å². The quantitative estimate of drug-likeness (QED) is 0.443. The third-order valence-corrected chi connectivity index (χ3v) is 3.71. The summed E-state index contributed by atoms with van der Waals surface area (Å²) in [6.45, 7) is 1.63. The lowest BCUT2D eigenvalue weighted by molar-refractivity contribution is -0.113. The maximum Gasteiger partial charge on any atom is 0.259 e. The normalized spacial score (nSPS) is 10.9. The molecule has 6 nitrogen and oxygen atoms in total. The largest absolute Gasteiger partial charge is 0.516 e. The van der Waals surface area contributed by atoms with E-state index in [1.807, 2.05) is 0 Å². The monoisotopic (exact) mass is 335 g/mol. The third kappa shape index (κ3) is 4.68. The van der Waals surface area contributed by atoms with Crippen molar-refractivity contribution in [2.75, 3.05) is 11.1 Å². The molecule has 2 aromatic rings. The van der Waals surface area contributed by atoms with Crippen molar-refractivity contribution < 1.29 is 14.3 Å². The van der Waals surface area contributed by atoms with Gasteiger partial charge in [0.2, 0.25) is 5.91 Å². The zero-order valence-electron chi connectivity index (χ0n) is 12.2. The molecule has 3 N–H and O–H groups in total. The zero-order valence-corrected chi connectivity index (χ0v) is 13.0. The van der Waals surface area contributed by atoms with Crippen LogP contribution in [0.25, 0.3) is 6.08 Å². The van der Waals surface area contributed by atoms with Crippen LogP contribution in [0.5, 0.6) is 0 Å². The van der Waals surface area contributed by atoms with Crippen LogP contribution in [0.2, 0.25) is 0 Å².